The van der Waals surface area contributed by atoms with E-state index in [4.69, 9.17) is 9.47 Å². The van der Waals surface area contributed by atoms with Crippen LogP contribution in [0.4, 0.5) is 0 Å². The molecule has 0 spiro atoms. The van der Waals surface area contributed by atoms with Gasteiger partial charge in [-0.05, 0) is 63.3 Å². The van der Waals surface area contributed by atoms with Crippen molar-refractivity contribution in [3.05, 3.63) is 56.4 Å². The van der Waals surface area contributed by atoms with Crippen molar-refractivity contribution in [3.63, 3.8) is 0 Å². The Kier molecular flexibility index (Phi) is 6.28. The van der Waals surface area contributed by atoms with Crippen molar-refractivity contribution in [1.82, 2.24) is 4.57 Å². The van der Waals surface area contributed by atoms with Crippen molar-refractivity contribution in [1.29, 1.82) is 5.26 Å². The van der Waals surface area contributed by atoms with Crippen LogP contribution in [0.25, 0.3) is 0 Å². The minimum absolute atomic E-state index is 0.0676. The van der Waals surface area contributed by atoms with E-state index >= 15 is 0 Å². The molecule has 0 radical (unpaired) electrons. The molecule has 7 nitrogen and oxygen atoms in total. The van der Waals surface area contributed by atoms with E-state index in [2.05, 4.69) is 0 Å². The van der Waals surface area contributed by atoms with Gasteiger partial charge in [-0.2, -0.15) is 5.26 Å². The lowest BCUT2D eigenvalue weighted by atomic mass is 9.99. The number of nitriles is 1. The van der Waals surface area contributed by atoms with E-state index in [1.165, 1.54) is 6.92 Å². The van der Waals surface area contributed by atoms with Crippen molar-refractivity contribution in [3.8, 4) is 17.7 Å². The van der Waals surface area contributed by atoms with Crippen LogP contribution in [0.15, 0.2) is 23.0 Å². The number of pyridine rings is 1. The summed E-state index contributed by atoms with van der Waals surface area (Å²) in [5.74, 6) is -0.377. The molecule has 1 aliphatic rings. The molecule has 2 atom stereocenters. The summed E-state index contributed by atoms with van der Waals surface area (Å²) in [6, 6.07) is 7.44. The van der Waals surface area contributed by atoms with Gasteiger partial charge in [0.2, 0.25) is 11.7 Å². The Morgan fingerprint density at radius 3 is 2.73 bits per heavy atom. The number of aromatic hydroxyl groups is 1. The van der Waals surface area contributed by atoms with Gasteiger partial charge in [-0.15, -0.1) is 0 Å². The molecule has 2 heterocycles. The van der Waals surface area contributed by atoms with Gasteiger partial charge in [-0.25, -0.2) is 0 Å². The Morgan fingerprint density at radius 1 is 1.37 bits per heavy atom. The van der Waals surface area contributed by atoms with Crippen molar-refractivity contribution >= 4 is 5.78 Å². The highest BCUT2D eigenvalue weighted by molar-refractivity contribution is 6.03. The van der Waals surface area contributed by atoms with E-state index in [1.807, 2.05) is 32.0 Å². The quantitative estimate of drug-likeness (QED) is 0.734. The van der Waals surface area contributed by atoms with Gasteiger partial charge in [0.1, 0.15) is 17.4 Å². The number of rotatable bonds is 6. The van der Waals surface area contributed by atoms with Gasteiger partial charge in [0.25, 0.3) is 5.56 Å². The number of aryl methyl sites for hydroxylation is 1. The second kappa shape index (κ2) is 8.72. The number of aromatic nitrogens is 1. The molecule has 1 saturated heterocycles. The standard InChI is InChI=1S/C23H26N2O5/c1-13-7-5-9-19(14(13)2)30-16(4)21(26)20-15(3)18(11-24)22(27)25(23(20)28)12-17-8-6-10-29-17/h5,7,9,16-17,28H,6,8,10,12H2,1-4H3. The van der Waals surface area contributed by atoms with Gasteiger partial charge in [0.05, 0.1) is 18.2 Å². The van der Waals surface area contributed by atoms with E-state index < -0.39 is 23.3 Å². The predicted octanol–water partition coefficient (Wildman–Crippen LogP) is 3.18. The zero-order valence-corrected chi connectivity index (χ0v) is 17.7. The third-order valence-electron chi connectivity index (χ3n) is 5.68. The fourth-order valence-corrected chi connectivity index (χ4v) is 3.71. The van der Waals surface area contributed by atoms with Crippen LogP contribution in [0.5, 0.6) is 11.6 Å². The van der Waals surface area contributed by atoms with Gasteiger partial charge in [0, 0.05) is 6.61 Å². The third kappa shape index (κ3) is 3.96. The van der Waals surface area contributed by atoms with Gasteiger partial charge >= 0.3 is 0 Å². The number of benzene rings is 1. The first kappa shape index (κ1) is 21.6. The smallest absolute Gasteiger partial charge is 0.271 e. The zero-order valence-electron chi connectivity index (χ0n) is 17.7. The lowest BCUT2D eigenvalue weighted by Gasteiger charge is -2.21. The number of hydrogen-bond donors (Lipinski definition) is 1. The first-order valence-electron chi connectivity index (χ1n) is 10.0. The van der Waals surface area contributed by atoms with Crippen LogP contribution in [-0.4, -0.2) is 34.3 Å². The third-order valence-corrected chi connectivity index (χ3v) is 5.68. The molecule has 30 heavy (non-hydrogen) atoms. The highest BCUT2D eigenvalue weighted by Gasteiger charge is 2.29. The molecule has 158 valence electrons. The average Bonchev–Trinajstić information content (AvgIpc) is 3.22. The van der Waals surface area contributed by atoms with E-state index in [0.717, 1.165) is 28.5 Å². The molecule has 0 bridgehead atoms. The molecule has 2 unspecified atom stereocenters. The molecule has 7 heteroatoms. The topological polar surface area (TPSA) is 102 Å². The van der Waals surface area contributed by atoms with E-state index in [1.54, 1.807) is 13.0 Å². The Morgan fingerprint density at radius 2 is 2.10 bits per heavy atom. The van der Waals surface area contributed by atoms with Gasteiger partial charge in [0.15, 0.2) is 6.10 Å². The fraction of sp³-hybridized carbons (Fsp3) is 0.435. The predicted molar refractivity (Wildman–Crippen MR) is 111 cm³/mol. The summed E-state index contributed by atoms with van der Waals surface area (Å²) < 4.78 is 12.5. The number of hydrogen-bond acceptors (Lipinski definition) is 6. The molecular weight excluding hydrogens is 384 g/mol. The minimum Gasteiger partial charge on any atom is -0.494 e. The summed E-state index contributed by atoms with van der Waals surface area (Å²) in [4.78, 5) is 25.9. The molecule has 1 fully saturated rings. The number of nitrogens with zero attached hydrogens (tertiary/aromatic N) is 2. The molecule has 2 aromatic rings. The maximum Gasteiger partial charge on any atom is 0.271 e. The van der Waals surface area contributed by atoms with Crippen LogP contribution in [0, 0.1) is 32.1 Å². The van der Waals surface area contributed by atoms with Crippen LogP contribution >= 0.6 is 0 Å². The number of ether oxygens (including phenoxy) is 2. The fourth-order valence-electron chi connectivity index (χ4n) is 3.71. The van der Waals surface area contributed by atoms with Crippen molar-refractivity contribution in [2.24, 2.45) is 0 Å². The van der Waals surface area contributed by atoms with Crippen LogP contribution in [0.2, 0.25) is 0 Å². The largest absolute Gasteiger partial charge is 0.494 e. The highest BCUT2D eigenvalue weighted by Crippen LogP contribution is 2.27. The lowest BCUT2D eigenvalue weighted by molar-refractivity contribution is 0.0804. The first-order valence-corrected chi connectivity index (χ1v) is 10.0. The molecule has 0 aliphatic carbocycles. The summed E-state index contributed by atoms with van der Waals surface area (Å²) in [7, 11) is 0. The van der Waals surface area contributed by atoms with Crippen LogP contribution in [0.3, 0.4) is 0 Å². The molecule has 0 saturated carbocycles. The molecular formula is C23H26N2O5. The molecule has 1 aromatic heterocycles. The van der Waals surface area contributed by atoms with E-state index in [0.29, 0.717) is 12.4 Å². The van der Waals surface area contributed by atoms with Gasteiger partial charge in [-0.1, -0.05) is 12.1 Å². The summed E-state index contributed by atoms with van der Waals surface area (Å²) in [6.07, 6.45) is 0.450. The highest BCUT2D eigenvalue weighted by atomic mass is 16.5. The molecule has 1 aromatic carbocycles. The molecule has 1 N–H and O–H groups in total. The number of ketones is 1. The van der Waals surface area contributed by atoms with Gasteiger partial charge in [-0.3, -0.25) is 14.2 Å². The van der Waals surface area contributed by atoms with Gasteiger partial charge < -0.3 is 14.6 Å². The zero-order chi connectivity index (χ0) is 22.0. The normalized spacial score (nSPS) is 16.8. The lowest BCUT2D eigenvalue weighted by Crippen LogP contribution is -2.33. The Bertz CT molecular complexity index is 1070. The summed E-state index contributed by atoms with van der Waals surface area (Å²) in [6.45, 7) is 7.61. The van der Waals surface area contributed by atoms with E-state index in [9.17, 15) is 20.0 Å². The van der Waals surface area contributed by atoms with Crippen molar-refractivity contribution < 1.29 is 19.4 Å². The average molecular weight is 410 g/mol. The number of carbonyl (C=O) groups is 1. The SMILES string of the molecule is Cc1cccc(OC(C)C(=O)c2c(C)c(C#N)c(=O)n(CC3CCCO3)c2O)c1C. The van der Waals surface area contributed by atoms with Crippen LogP contribution in [0.1, 0.15) is 52.4 Å². The second-order valence-corrected chi connectivity index (χ2v) is 7.68. The first-order chi connectivity index (χ1) is 14.3. The monoisotopic (exact) mass is 410 g/mol. The van der Waals surface area contributed by atoms with Crippen molar-refractivity contribution in [2.75, 3.05) is 6.61 Å². The van der Waals surface area contributed by atoms with E-state index in [-0.39, 0.29) is 29.3 Å². The number of carbonyl (C=O) groups excluding carboxylic acids is 1. The Hall–Kier alpha value is -3.11. The molecule has 3 rings (SSSR count). The number of Topliss-reactive ketones (excluding diaryl/α,β-unsaturated/α-hetero) is 1. The second-order valence-electron chi connectivity index (χ2n) is 7.68. The van der Waals surface area contributed by atoms with Crippen molar-refractivity contribution in [2.45, 2.75) is 59.3 Å². The summed E-state index contributed by atoms with van der Waals surface area (Å²) in [5.41, 5.74) is 1.25. The molecule has 0 amide bonds. The minimum atomic E-state index is -0.921. The maximum absolute atomic E-state index is 13.2. The van der Waals surface area contributed by atoms with Crippen LogP contribution < -0.4 is 10.3 Å². The summed E-state index contributed by atoms with van der Waals surface area (Å²) >= 11 is 0. The van der Waals surface area contributed by atoms with Crippen LogP contribution in [-0.2, 0) is 11.3 Å². The Labute approximate surface area is 175 Å². The maximum atomic E-state index is 13.2. The molecule has 1 aliphatic heterocycles. The Balaban J connectivity index is 2.01. The summed E-state index contributed by atoms with van der Waals surface area (Å²) in [5, 5.41) is 20.3.